The summed E-state index contributed by atoms with van der Waals surface area (Å²) in [5, 5.41) is -0.435. The summed E-state index contributed by atoms with van der Waals surface area (Å²) in [5.41, 5.74) is 0. The van der Waals surface area contributed by atoms with Crippen LogP contribution in [0, 0.1) is 5.92 Å². The Hall–Kier alpha value is -0.0800. The number of ether oxygens (including phenoxy) is 1. The SMILES string of the molecule is CC(C)COCC(=O)Cl. The molecule has 2 nitrogen and oxygen atoms in total. The predicted octanol–water partition coefficient (Wildman–Crippen LogP) is 1.42. The third-order valence-corrected chi connectivity index (χ3v) is 0.776. The second-order valence-corrected chi connectivity index (χ2v) is 2.69. The molecule has 0 aliphatic rings. The lowest BCUT2D eigenvalue weighted by Crippen LogP contribution is -2.06. The van der Waals surface area contributed by atoms with Crippen molar-refractivity contribution in [2.75, 3.05) is 13.2 Å². The van der Waals surface area contributed by atoms with Gasteiger partial charge in [0.25, 0.3) is 0 Å². The number of hydrogen-bond acceptors (Lipinski definition) is 2. The fraction of sp³-hybridized carbons (Fsp3) is 0.833. The highest BCUT2D eigenvalue weighted by molar-refractivity contribution is 6.63. The van der Waals surface area contributed by atoms with E-state index in [0.717, 1.165) is 0 Å². The molecule has 54 valence electrons. The average Bonchev–Trinajstić information content (AvgIpc) is 1.63. The molecule has 9 heavy (non-hydrogen) atoms. The normalized spacial score (nSPS) is 10.2. The van der Waals surface area contributed by atoms with Gasteiger partial charge in [-0.05, 0) is 17.5 Å². The Kier molecular flexibility index (Phi) is 4.72. The van der Waals surface area contributed by atoms with Crippen LogP contribution >= 0.6 is 11.6 Å². The van der Waals surface area contributed by atoms with Crippen LogP contribution in [0.5, 0.6) is 0 Å². The Morgan fingerprint density at radius 3 is 2.56 bits per heavy atom. The maximum Gasteiger partial charge on any atom is 0.247 e. The van der Waals surface area contributed by atoms with Gasteiger partial charge in [0.2, 0.25) is 5.24 Å². The first kappa shape index (κ1) is 8.92. The molecule has 0 radical (unpaired) electrons. The first-order valence-electron chi connectivity index (χ1n) is 2.89. The quantitative estimate of drug-likeness (QED) is 0.567. The molecule has 0 amide bonds. The lowest BCUT2D eigenvalue weighted by atomic mass is 10.2. The first-order valence-corrected chi connectivity index (χ1v) is 3.26. The van der Waals surface area contributed by atoms with Crippen molar-refractivity contribution < 1.29 is 9.53 Å². The lowest BCUT2D eigenvalue weighted by molar-refractivity contribution is -0.116. The van der Waals surface area contributed by atoms with E-state index in [1.807, 2.05) is 13.8 Å². The van der Waals surface area contributed by atoms with Gasteiger partial charge in [-0.25, -0.2) is 0 Å². The van der Waals surface area contributed by atoms with E-state index in [4.69, 9.17) is 16.3 Å². The number of carbonyl (C=O) groups excluding carboxylic acids is 1. The largest absolute Gasteiger partial charge is 0.372 e. The van der Waals surface area contributed by atoms with E-state index < -0.39 is 5.24 Å². The second-order valence-electron chi connectivity index (χ2n) is 2.26. The molecule has 3 heteroatoms. The van der Waals surface area contributed by atoms with Crippen LogP contribution in [0.25, 0.3) is 0 Å². The van der Waals surface area contributed by atoms with E-state index in [-0.39, 0.29) is 6.61 Å². The maximum absolute atomic E-state index is 10.1. The first-order chi connectivity index (χ1) is 4.13. The van der Waals surface area contributed by atoms with Gasteiger partial charge in [-0.1, -0.05) is 13.8 Å². The smallest absolute Gasteiger partial charge is 0.247 e. The van der Waals surface area contributed by atoms with Gasteiger partial charge in [0.05, 0.1) is 0 Å². The maximum atomic E-state index is 10.1. The minimum Gasteiger partial charge on any atom is -0.372 e. The van der Waals surface area contributed by atoms with Gasteiger partial charge in [-0.3, -0.25) is 4.79 Å². The average molecular weight is 151 g/mol. The Morgan fingerprint density at radius 2 is 2.22 bits per heavy atom. The summed E-state index contributed by atoms with van der Waals surface area (Å²) in [4.78, 5) is 10.1. The molecule has 0 aromatic heterocycles. The van der Waals surface area contributed by atoms with Gasteiger partial charge >= 0.3 is 0 Å². The molecule has 0 saturated heterocycles. The molecule has 0 bridgehead atoms. The summed E-state index contributed by atoms with van der Waals surface area (Å²) in [6.07, 6.45) is 0. The van der Waals surface area contributed by atoms with E-state index in [2.05, 4.69) is 0 Å². The molecule has 0 aliphatic heterocycles. The van der Waals surface area contributed by atoms with Crippen LogP contribution in [-0.4, -0.2) is 18.5 Å². The third kappa shape index (κ3) is 7.92. The molecule has 0 atom stereocenters. The van der Waals surface area contributed by atoms with Gasteiger partial charge in [-0.2, -0.15) is 0 Å². The second kappa shape index (κ2) is 4.77. The van der Waals surface area contributed by atoms with Crippen molar-refractivity contribution in [1.82, 2.24) is 0 Å². The highest BCUT2D eigenvalue weighted by Gasteiger charge is 1.96. The summed E-state index contributed by atoms with van der Waals surface area (Å²) >= 11 is 5.00. The molecule has 0 heterocycles. The molecule has 0 spiro atoms. The van der Waals surface area contributed by atoms with Gasteiger partial charge < -0.3 is 4.74 Å². The topological polar surface area (TPSA) is 26.3 Å². The summed E-state index contributed by atoms with van der Waals surface area (Å²) in [6, 6.07) is 0. The Balaban J connectivity index is 3.01. The minimum atomic E-state index is -0.435. The Bertz CT molecular complexity index is 91.1. The molecule has 0 aromatic carbocycles. The van der Waals surface area contributed by atoms with Crippen LogP contribution in [0.3, 0.4) is 0 Å². The van der Waals surface area contributed by atoms with Gasteiger partial charge in [0.1, 0.15) is 6.61 Å². The Labute approximate surface area is 60.1 Å². The number of rotatable bonds is 4. The molecule has 0 aliphatic carbocycles. The predicted molar refractivity (Wildman–Crippen MR) is 36.5 cm³/mol. The van der Waals surface area contributed by atoms with Crippen molar-refractivity contribution in [2.24, 2.45) is 5.92 Å². The van der Waals surface area contributed by atoms with Crippen LogP contribution < -0.4 is 0 Å². The standard InChI is InChI=1S/C6H11ClO2/c1-5(2)3-9-4-6(7)8/h5H,3-4H2,1-2H3. The van der Waals surface area contributed by atoms with Crippen LogP contribution in [0.2, 0.25) is 0 Å². The zero-order valence-electron chi connectivity index (χ0n) is 5.69. The van der Waals surface area contributed by atoms with Crippen LogP contribution in [-0.2, 0) is 9.53 Å². The van der Waals surface area contributed by atoms with E-state index in [9.17, 15) is 4.79 Å². The summed E-state index contributed by atoms with van der Waals surface area (Å²) in [6.45, 7) is 4.65. The van der Waals surface area contributed by atoms with E-state index in [1.165, 1.54) is 0 Å². The minimum absolute atomic E-state index is 0.0275. The van der Waals surface area contributed by atoms with Gasteiger partial charge in [0, 0.05) is 6.61 Å². The molecule has 0 fully saturated rings. The molecule has 0 saturated carbocycles. The van der Waals surface area contributed by atoms with E-state index >= 15 is 0 Å². The fourth-order valence-corrected chi connectivity index (χ4v) is 0.452. The van der Waals surface area contributed by atoms with Crippen LogP contribution in [0.4, 0.5) is 0 Å². The number of carbonyl (C=O) groups is 1. The summed E-state index contributed by atoms with van der Waals surface area (Å²) in [7, 11) is 0. The van der Waals surface area contributed by atoms with E-state index in [0.29, 0.717) is 12.5 Å². The monoisotopic (exact) mass is 150 g/mol. The molecule has 0 unspecified atom stereocenters. The van der Waals surface area contributed by atoms with Crippen molar-refractivity contribution in [2.45, 2.75) is 13.8 Å². The van der Waals surface area contributed by atoms with Crippen molar-refractivity contribution >= 4 is 16.8 Å². The highest BCUT2D eigenvalue weighted by Crippen LogP contribution is 1.92. The zero-order valence-corrected chi connectivity index (χ0v) is 6.44. The molecular formula is C6H11ClO2. The summed E-state index contributed by atoms with van der Waals surface area (Å²) in [5.74, 6) is 0.459. The van der Waals surface area contributed by atoms with Crippen molar-refractivity contribution in [3.8, 4) is 0 Å². The van der Waals surface area contributed by atoms with Crippen LogP contribution in [0.15, 0.2) is 0 Å². The third-order valence-electron chi connectivity index (χ3n) is 0.667. The number of hydrogen-bond donors (Lipinski definition) is 0. The molecular weight excluding hydrogens is 140 g/mol. The zero-order chi connectivity index (χ0) is 7.28. The Morgan fingerprint density at radius 1 is 1.67 bits per heavy atom. The number of halogens is 1. The summed E-state index contributed by atoms with van der Waals surface area (Å²) < 4.78 is 4.88. The van der Waals surface area contributed by atoms with E-state index in [1.54, 1.807) is 0 Å². The molecule has 0 N–H and O–H groups in total. The van der Waals surface area contributed by atoms with Crippen molar-refractivity contribution in [3.05, 3.63) is 0 Å². The molecule has 0 rings (SSSR count). The highest BCUT2D eigenvalue weighted by atomic mass is 35.5. The van der Waals surface area contributed by atoms with Gasteiger partial charge in [0.15, 0.2) is 0 Å². The van der Waals surface area contributed by atoms with Crippen molar-refractivity contribution in [3.63, 3.8) is 0 Å². The van der Waals surface area contributed by atoms with Gasteiger partial charge in [-0.15, -0.1) is 0 Å². The molecule has 0 aromatic rings. The fourth-order valence-electron chi connectivity index (χ4n) is 0.375. The van der Waals surface area contributed by atoms with Crippen molar-refractivity contribution in [1.29, 1.82) is 0 Å². The van der Waals surface area contributed by atoms with Crippen LogP contribution in [0.1, 0.15) is 13.8 Å². The lowest BCUT2D eigenvalue weighted by Gasteiger charge is -2.02.